The van der Waals surface area contributed by atoms with Crippen LogP contribution in [-0.2, 0) is 32.0 Å². The third-order valence-corrected chi connectivity index (χ3v) is 2.94. The van der Waals surface area contributed by atoms with Crippen LogP contribution in [0.15, 0.2) is 36.5 Å². The fourth-order valence-electron chi connectivity index (χ4n) is 1.97. The summed E-state index contributed by atoms with van der Waals surface area (Å²) < 4.78 is 11.2. The van der Waals surface area contributed by atoms with Crippen molar-refractivity contribution >= 4 is 11.9 Å². The molecule has 1 aromatic carbocycles. The SMILES string of the molecule is COC(=O)C(Cc1cn(Cc2ccccc2)nn1)OC(C)=O. The van der Waals surface area contributed by atoms with E-state index in [1.54, 1.807) is 10.9 Å². The summed E-state index contributed by atoms with van der Waals surface area (Å²) in [5.74, 6) is -1.17. The summed E-state index contributed by atoms with van der Waals surface area (Å²) in [7, 11) is 1.24. The Morgan fingerprint density at radius 2 is 2.00 bits per heavy atom. The van der Waals surface area contributed by atoms with Gasteiger partial charge in [-0.25, -0.2) is 9.48 Å². The zero-order valence-corrected chi connectivity index (χ0v) is 12.4. The summed E-state index contributed by atoms with van der Waals surface area (Å²) in [6.45, 7) is 1.81. The third-order valence-electron chi connectivity index (χ3n) is 2.94. The van der Waals surface area contributed by atoms with Crippen molar-refractivity contribution in [2.24, 2.45) is 0 Å². The monoisotopic (exact) mass is 303 g/mol. The highest BCUT2D eigenvalue weighted by Crippen LogP contribution is 2.07. The van der Waals surface area contributed by atoms with E-state index in [1.807, 2.05) is 30.3 Å². The van der Waals surface area contributed by atoms with Gasteiger partial charge in [-0.05, 0) is 5.56 Å². The maximum absolute atomic E-state index is 11.6. The number of methoxy groups -OCH3 is 1. The molecule has 1 atom stereocenters. The molecule has 2 rings (SSSR count). The minimum Gasteiger partial charge on any atom is -0.466 e. The number of nitrogens with zero attached hydrogens (tertiary/aromatic N) is 3. The molecule has 0 saturated carbocycles. The maximum atomic E-state index is 11.6. The van der Waals surface area contributed by atoms with Crippen LogP contribution in [0.2, 0.25) is 0 Å². The zero-order valence-electron chi connectivity index (χ0n) is 12.4. The first-order valence-corrected chi connectivity index (χ1v) is 6.76. The van der Waals surface area contributed by atoms with E-state index < -0.39 is 18.0 Å². The molecule has 116 valence electrons. The van der Waals surface area contributed by atoms with Gasteiger partial charge in [0.15, 0.2) is 0 Å². The lowest BCUT2D eigenvalue weighted by atomic mass is 10.2. The van der Waals surface area contributed by atoms with E-state index in [1.165, 1.54) is 14.0 Å². The third kappa shape index (κ3) is 4.41. The molecule has 22 heavy (non-hydrogen) atoms. The van der Waals surface area contributed by atoms with Crippen LogP contribution in [0.5, 0.6) is 0 Å². The Labute approximate surface area is 127 Å². The molecule has 7 nitrogen and oxygen atoms in total. The smallest absolute Gasteiger partial charge is 0.347 e. The number of hydrogen-bond donors (Lipinski definition) is 0. The second kappa shape index (κ2) is 7.35. The second-order valence-electron chi connectivity index (χ2n) is 4.72. The van der Waals surface area contributed by atoms with Gasteiger partial charge in [0.1, 0.15) is 0 Å². The van der Waals surface area contributed by atoms with Crippen molar-refractivity contribution in [3.63, 3.8) is 0 Å². The summed E-state index contributed by atoms with van der Waals surface area (Å²) in [5, 5.41) is 7.99. The Morgan fingerprint density at radius 1 is 1.27 bits per heavy atom. The number of carbonyl (C=O) groups is 2. The molecular weight excluding hydrogens is 286 g/mol. The predicted molar refractivity (Wildman–Crippen MR) is 76.8 cm³/mol. The molecule has 0 bridgehead atoms. The van der Waals surface area contributed by atoms with Crippen molar-refractivity contribution in [2.45, 2.75) is 26.0 Å². The van der Waals surface area contributed by atoms with Crippen LogP contribution < -0.4 is 0 Å². The van der Waals surface area contributed by atoms with E-state index in [0.717, 1.165) is 5.56 Å². The normalized spacial score (nSPS) is 11.7. The van der Waals surface area contributed by atoms with Gasteiger partial charge >= 0.3 is 11.9 Å². The van der Waals surface area contributed by atoms with Crippen molar-refractivity contribution in [1.29, 1.82) is 0 Å². The molecule has 2 aromatic rings. The van der Waals surface area contributed by atoms with Crippen LogP contribution in [0.1, 0.15) is 18.2 Å². The van der Waals surface area contributed by atoms with Crippen LogP contribution in [0, 0.1) is 0 Å². The van der Waals surface area contributed by atoms with Crippen molar-refractivity contribution < 1.29 is 19.1 Å². The van der Waals surface area contributed by atoms with Gasteiger partial charge in [-0.2, -0.15) is 0 Å². The molecule has 0 radical (unpaired) electrons. The van der Waals surface area contributed by atoms with Crippen LogP contribution >= 0.6 is 0 Å². The molecule has 0 spiro atoms. The average molecular weight is 303 g/mol. The van der Waals surface area contributed by atoms with Crippen molar-refractivity contribution in [3.8, 4) is 0 Å². The van der Waals surface area contributed by atoms with Gasteiger partial charge in [-0.1, -0.05) is 35.5 Å². The van der Waals surface area contributed by atoms with E-state index >= 15 is 0 Å². The minimum absolute atomic E-state index is 0.126. The number of ether oxygens (including phenoxy) is 2. The minimum atomic E-state index is -1.01. The molecule has 0 N–H and O–H groups in total. The first-order valence-electron chi connectivity index (χ1n) is 6.76. The predicted octanol–water partition coefficient (Wildman–Crippen LogP) is 0.974. The Hall–Kier alpha value is -2.70. The van der Waals surface area contributed by atoms with Crippen LogP contribution in [-0.4, -0.2) is 40.1 Å². The molecule has 1 heterocycles. The Bertz CT molecular complexity index is 639. The average Bonchev–Trinajstić information content (AvgIpc) is 2.93. The first kappa shape index (κ1) is 15.7. The number of carbonyl (C=O) groups excluding carboxylic acids is 2. The fourth-order valence-corrected chi connectivity index (χ4v) is 1.97. The van der Waals surface area contributed by atoms with Crippen LogP contribution in [0.3, 0.4) is 0 Å². The molecule has 0 aliphatic rings. The van der Waals surface area contributed by atoms with E-state index in [4.69, 9.17) is 4.74 Å². The molecule has 0 aliphatic heterocycles. The lowest BCUT2D eigenvalue weighted by Gasteiger charge is -2.12. The Kier molecular flexibility index (Phi) is 5.24. The van der Waals surface area contributed by atoms with E-state index in [2.05, 4.69) is 15.0 Å². The summed E-state index contributed by atoms with van der Waals surface area (Å²) in [5.41, 5.74) is 1.64. The molecule has 0 saturated heterocycles. The summed E-state index contributed by atoms with van der Waals surface area (Å²) in [6, 6.07) is 9.80. The lowest BCUT2D eigenvalue weighted by Crippen LogP contribution is -2.29. The molecule has 1 unspecified atom stereocenters. The lowest BCUT2D eigenvalue weighted by molar-refractivity contribution is -0.164. The number of benzene rings is 1. The Balaban J connectivity index is 2.03. The number of esters is 2. The van der Waals surface area contributed by atoms with Gasteiger partial charge in [-0.3, -0.25) is 4.79 Å². The zero-order chi connectivity index (χ0) is 15.9. The molecule has 0 aliphatic carbocycles. The van der Waals surface area contributed by atoms with Crippen LogP contribution in [0.25, 0.3) is 0 Å². The van der Waals surface area contributed by atoms with Gasteiger partial charge in [-0.15, -0.1) is 5.10 Å². The van der Waals surface area contributed by atoms with E-state index in [9.17, 15) is 9.59 Å². The number of hydrogen-bond acceptors (Lipinski definition) is 6. The van der Waals surface area contributed by atoms with Gasteiger partial charge in [0.25, 0.3) is 0 Å². The molecule has 0 fully saturated rings. The largest absolute Gasteiger partial charge is 0.466 e. The first-order chi connectivity index (χ1) is 10.6. The highest BCUT2D eigenvalue weighted by molar-refractivity contribution is 5.78. The number of rotatable bonds is 6. The quantitative estimate of drug-likeness (QED) is 0.740. The second-order valence-corrected chi connectivity index (χ2v) is 4.72. The molecule has 1 aromatic heterocycles. The summed E-state index contributed by atoms with van der Waals surface area (Å²) >= 11 is 0. The van der Waals surface area contributed by atoms with Crippen molar-refractivity contribution in [2.75, 3.05) is 7.11 Å². The van der Waals surface area contributed by atoms with Gasteiger partial charge in [0.05, 0.1) is 19.3 Å². The van der Waals surface area contributed by atoms with Gasteiger partial charge in [0, 0.05) is 19.5 Å². The fraction of sp³-hybridized carbons (Fsp3) is 0.333. The van der Waals surface area contributed by atoms with Gasteiger partial charge < -0.3 is 9.47 Å². The summed E-state index contributed by atoms with van der Waals surface area (Å²) in [4.78, 5) is 22.6. The topological polar surface area (TPSA) is 83.3 Å². The molecule has 0 amide bonds. The van der Waals surface area contributed by atoms with Crippen LogP contribution in [0.4, 0.5) is 0 Å². The standard InChI is InChI=1S/C15H17N3O4/c1-11(19)22-14(15(20)21-2)8-13-10-18(17-16-13)9-12-6-4-3-5-7-12/h3-7,10,14H,8-9H2,1-2H3. The highest BCUT2D eigenvalue weighted by Gasteiger charge is 2.24. The highest BCUT2D eigenvalue weighted by atomic mass is 16.6. The van der Waals surface area contributed by atoms with E-state index in [0.29, 0.717) is 12.2 Å². The van der Waals surface area contributed by atoms with Crippen molar-refractivity contribution in [1.82, 2.24) is 15.0 Å². The summed E-state index contributed by atoms with van der Waals surface area (Å²) in [6.07, 6.45) is 0.831. The Morgan fingerprint density at radius 3 is 2.64 bits per heavy atom. The van der Waals surface area contributed by atoms with Crippen molar-refractivity contribution in [3.05, 3.63) is 47.8 Å². The molecule has 7 heteroatoms. The molecular formula is C15H17N3O4. The maximum Gasteiger partial charge on any atom is 0.347 e. The number of aromatic nitrogens is 3. The van der Waals surface area contributed by atoms with Gasteiger partial charge in [0.2, 0.25) is 6.10 Å². The van der Waals surface area contributed by atoms with E-state index in [-0.39, 0.29) is 6.42 Å².